The number of hydrogen-bond donors (Lipinski definition) is 3. The molecule has 0 saturated carbocycles. The molecule has 0 aliphatic carbocycles. The Balaban J connectivity index is 2.27. The summed E-state index contributed by atoms with van der Waals surface area (Å²) in [7, 11) is 1.38. The summed E-state index contributed by atoms with van der Waals surface area (Å²) >= 11 is 3.32. The van der Waals surface area contributed by atoms with E-state index < -0.39 is 24.3 Å². The third-order valence-electron chi connectivity index (χ3n) is 3.87. The summed E-state index contributed by atoms with van der Waals surface area (Å²) in [4.78, 5) is 23.4. The Morgan fingerprint density at radius 1 is 1.20 bits per heavy atom. The maximum Gasteiger partial charge on any atom is 0.412 e. The molecule has 3 N–H and O–H groups in total. The lowest BCUT2D eigenvalue weighted by atomic mass is 10.0. The Morgan fingerprint density at radius 3 is 2.57 bits per heavy atom. The predicted molar refractivity (Wildman–Crippen MR) is 114 cm³/mol. The molecular formula is C21H22BrNO7. The molecule has 0 aliphatic heterocycles. The molecule has 2 rings (SSSR count). The zero-order valence-corrected chi connectivity index (χ0v) is 17.7. The van der Waals surface area contributed by atoms with Crippen molar-refractivity contribution in [2.45, 2.75) is 12.2 Å². The first-order chi connectivity index (χ1) is 14.4. The van der Waals surface area contributed by atoms with Gasteiger partial charge in [0.25, 0.3) is 0 Å². The first-order valence-corrected chi connectivity index (χ1v) is 9.73. The lowest BCUT2D eigenvalue weighted by molar-refractivity contribution is -0.131. The van der Waals surface area contributed by atoms with E-state index in [2.05, 4.69) is 21.2 Å². The third kappa shape index (κ3) is 7.51. The van der Waals surface area contributed by atoms with Crippen molar-refractivity contribution in [1.82, 2.24) is 0 Å². The van der Waals surface area contributed by atoms with Crippen molar-refractivity contribution in [1.29, 1.82) is 0 Å². The van der Waals surface area contributed by atoms with E-state index in [1.165, 1.54) is 13.2 Å². The van der Waals surface area contributed by atoms with E-state index in [4.69, 9.17) is 24.4 Å². The van der Waals surface area contributed by atoms with Crippen LogP contribution >= 0.6 is 15.9 Å². The minimum Gasteiger partial charge on any atom is -0.491 e. The summed E-state index contributed by atoms with van der Waals surface area (Å²) in [5, 5.41) is 20.5. The monoisotopic (exact) mass is 479 g/mol. The van der Waals surface area contributed by atoms with Crippen molar-refractivity contribution in [3.05, 3.63) is 70.7 Å². The largest absolute Gasteiger partial charge is 0.491 e. The number of methoxy groups -OCH3 is 1. The molecule has 0 radical (unpaired) electrons. The number of ether oxygens (including phenoxy) is 3. The van der Waals surface area contributed by atoms with Crippen molar-refractivity contribution < 1.29 is 34.0 Å². The van der Waals surface area contributed by atoms with Gasteiger partial charge in [-0.3, -0.25) is 5.32 Å². The SMILES string of the molecule is CO[C@H](/C=C/C(=O)O)[C@H](OC(=O)Nc1ccc(Br)cc1)c1cccc(OCCO)c1. The van der Waals surface area contributed by atoms with Gasteiger partial charge in [-0.15, -0.1) is 0 Å². The average Bonchev–Trinajstić information content (AvgIpc) is 2.73. The van der Waals surface area contributed by atoms with E-state index in [1.807, 2.05) is 0 Å². The van der Waals surface area contributed by atoms with Crippen LogP contribution < -0.4 is 10.1 Å². The molecule has 0 heterocycles. The van der Waals surface area contributed by atoms with E-state index in [1.54, 1.807) is 48.5 Å². The van der Waals surface area contributed by atoms with E-state index in [9.17, 15) is 9.59 Å². The fourth-order valence-electron chi connectivity index (χ4n) is 2.55. The Bertz CT molecular complexity index is 870. The van der Waals surface area contributed by atoms with Crippen molar-refractivity contribution >= 4 is 33.7 Å². The number of aliphatic hydroxyl groups is 1. The van der Waals surface area contributed by atoms with Crippen molar-refractivity contribution in [2.24, 2.45) is 0 Å². The maximum atomic E-state index is 12.5. The van der Waals surface area contributed by atoms with Gasteiger partial charge in [-0.2, -0.15) is 0 Å². The van der Waals surface area contributed by atoms with Gasteiger partial charge in [0.1, 0.15) is 18.5 Å². The number of benzene rings is 2. The molecule has 30 heavy (non-hydrogen) atoms. The molecule has 0 unspecified atom stereocenters. The molecule has 1 amide bonds. The van der Waals surface area contributed by atoms with Crippen LogP contribution in [0.3, 0.4) is 0 Å². The van der Waals surface area contributed by atoms with Crippen LogP contribution in [0.25, 0.3) is 0 Å². The second-order valence-electron chi connectivity index (χ2n) is 6.00. The normalized spacial score (nSPS) is 12.9. The molecule has 0 spiro atoms. The molecule has 0 aromatic heterocycles. The number of rotatable bonds is 10. The third-order valence-corrected chi connectivity index (χ3v) is 4.40. The van der Waals surface area contributed by atoms with Gasteiger partial charge in [0.05, 0.1) is 6.61 Å². The number of aliphatic carboxylic acids is 1. The number of carboxylic acid groups (broad SMARTS) is 1. The quantitative estimate of drug-likeness (QED) is 0.444. The van der Waals surface area contributed by atoms with E-state index in [0.29, 0.717) is 17.0 Å². The first-order valence-electron chi connectivity index (χ1n) is 8.93. The van der Waals surface area contributed by atoms with Crippen molar-refractivity contribution in [2.75, 3.05) is 25.6 Å². The minimum absolute atomic E-state index is 0.103. The van der Waals surface area contributed by atoms with Gasteiger partial charge in [-0.1, -0.05) is 28.1 Å². The lowest BCUT2D eigenvalue weighted by Crippen LogP contribution is -2.27. The summed E-state index contributed by atoms with van der Waals surface area (Å²) in [6.45, 7) is -0.0482. The van der Waals surface area contributed by atoms with Crippen LogP contribution in [0, 0.1) is 0 Å². The first kappa shape index (κ1) is 23.4. The second kappa shape index (κ2) is 12.0. The van der Waals surface area contributed by atoms with Crippen LogP contribution in [0.5, 0.6) is 5.75 Å². The van der Waals surface area contributed by atoms with Gasteiger partial charge >= 0.3 is 12.1 Å². The van der Waals surface area contributed by atoms with Crippen molar-refractivity contribution in [3.63, 3.8) is 0 Å². The number of anilines is 1. The maximum absolute atomic E-state index is 12.5. The number of carbonyl (C=O) groups excluding carboxylic acids is 1. The molecule has 9 heteroatoms. The number of carbonyl (C=O) groups is 2. The van der Waals surface area contributed by atoms with Crippen LogP contribution in [0.2, 0.25) is 0 Å². The highest BCUT2D eigenvalue weighted by molar-refractivity contribution is 9.10. The van der Waals surface area contributed by atoms with E-state index in [0.717, 1.165) is 10.5 Å². The standard InChI is InChI=1S/C21H22BrNO7/c1-28-18(9-10-19(25)26)20(14-3-2-4-17(13-14)29-12-11-24)30-21(27)23-16-7-5-15(22)6-8-16/h2-10,13,18,20,24H,11-12H2,1H3,(H,23,27)(H,25,26)/b10-9+/t18-,20-/m1/s1. The average molecular weight is 480 g/mol. The minimum atomic E-state index is -1.16. The van der Waals surface area contributed by atoms with Crippen LogP contribution in [0.15, 0.2) is 65.2 Å². The van der Waals surface area contributed by atoms with Crippen LogP contribution in [0.4, 0.5) is 10.5 Å². The highest BCUT2D eigenvalue weighted by Gasteiger charge is 2.26. The molecule has 160 valence electrons. The number of amides is 1. The fraction of sp³-hybridized carbons (Fsp3) is 0.238. The Labute approximate surface area is 182 Å². The molecule has 0 aliphatic rings. The summed E-state index contributed by atoms with van der Waals surface area (Å²) < 4.78 is 17.2. The highest BCUT2D eigenvalue weighted by atomic mass is 79.9. The zero-order chi connectivity index (χ0) is 21.9. The fourth-order valence-corrected chi connectivity index (χ4v) is 2.81. The highest BCUT2D eigenvalue weighted by Crippen LogP contribution is 2.28. The van der Waals surface area contributed by atoms with Gasteiger partial charge in [0.2, 0.25) is 0 Å². The molecule has 0 fully saturated rings. The Kier molecular flexibility index (Phi) is 9.33. The number of nitrogens with one attached hydrogen (secondary N) is 1. The van der Waals surface area contributed by atoms with Crippen LogP contribution in [-0.2, 0) is 14.3 Å². The molecule has 0 saturated heterocycles. The Morgan fingerprint density at radius 2 is 1.93 bits per heavy atom. The lowest BCUT2D eigenvalue weighted by Gasteiger charge is -2.24. The number of carboxylic acids is 1. The topological polar surface area (TPSA) is 114 Å². The number of aliphatic hydroxyl groups excluding tert-OH is 1. The Hall–Kier alpha value is -2.88. The smallest absolute Gasteiger partial charge is 0.412 e. The summed E-state index contributed by atoms with van der Waals surface area (Å²) in [6.07, 6.45) is -0.358. The van der Waals surface area contributed by atoms with Crippen LogP contribution in [0.1, 0.15) is 11.7 Å². The van der Waals surface area contributed by atoms with Gasteiger partial charge in [0.15, 0.2) is 6.10 Å². The summed E-state index contributed by atoms with van der Waals surface area (Å²) in [5.41, 5.74) is 1.05. The number of halogens is 1. The van der Waals surface area contributed by atoms with Gasteiger partial charge in [-0.25, -0.2) is 9.59 Å². The van der Waals surface area contributed by atoms with E-state index in [-0.39, 0.29) is 13.2 Å². The molecule has 0 bridgehead atoms. The molecule has 2 aromatic rings. The molecule has 8 nitrogen and oxygen atoms in total. The summed E-state index contributed by atoms with van der Waals surface area (Å²) in [5.74, 6) is -0.698. The predicted octanol–water partition coefficient (Wildman–Crippen LogP) is 3.77. The van der Waals surface area contributed by atoms with Crippen molar-refractivity contribution in [3.8, 4) is 5.75 Å². The van der Waals surface area contributed by atoms with Gasteiger partial charge < -0.3 is 24.4 Å². The zero-order valence-electron chi connectivity index (χ0n) is 16.2. The summed E-state index contributed by atoms with van der Waals surface area (Å²) in [6, 6.07) is 13.6. The molecule has 2 atom stereocenters. The second-order valence-corrected chi connectivity index (χ2v) is 6.92. The van der Waals surface area contributed by atoms with Gasteiger partial charge in [-0.05, 0) is 48.0 Å². The van der Waals surface area contributed by atoms with E-state index >= 15 is 0 Å². The number of hydrogen-bond acceptors (Lipinski definition) is 6. The van der Waals surface area contributed by atoms with Crippen LogP contribution in [-0.4, -0.2) is 48.7 Å². The molecule has 2 aromatic carbocycles. The van der Waals surface area contributed by atoms with Gasteiger partial charge in [0, 0.05) is 23.3 Å². The molecular weight excluding hydrogens is 458 g/mol.